The highest BCUT2D eigenvalue weighted by molar-refractivity contribution is 5.96. The molecule has 0 aliphatic carbocycles. The molecule has 0 aliphatic rings. The summed E-state index contributed by atoms with van der Waals surface area (Å²) in [5, 5.41) is 11.6. The molecule has 0 aromatic heterocycles. The maximum absolute atomic E-state index is 12.0. The lowest BCUT2D eigenvalue weighted by molar-refractivity contribution is -0.140. The van der Waals surface area contributed by atoms with E-state index in [1.807, 2.05) is 0 Å². The van der Waals surface area contributed by atoms with Crippen LogP contribution in [0.5, 0.6) is 5.75 Å². The molecule has 1 aromatic rings. The van der Waals surface area contributed by atoms with Crippen LogP contribution >= 0.6 is 0 Å². The van der Waals surface area contributed by atoms with E-state index in [0.717, 1.165) is 6.42 Å². The lowest BCUT2D eigenvalue weighted by atomic mass is 10.0. The molecule has 0 radical (unpaired) electrons. The number of carboxylic acid groups (broad SMARTS) is 1. The maximum Gasteiger partial charge on any atom is 0.326 e. The molecule has 0 saturated heterocycles. The van der Waals surface area contributed by atoms with Crippen molar-refractivity contribution in [3.8, 4) is 5.75 Å². The molecule has 0 spiro atoms. The van der Waals surface area contributed by atoms with E-state index in [1.54, 1.807) is 45.2 Å². The van der Waals surface area contributed by atoms with Gasteiger partial charge in [-0.05, 0) is 30.2 Å². The summed E-state index contributed by atoms with van der Waals surface area (Å²) < 4.78 is 10.4. The summed E-state index contributed by atoms with van der Waals surface area (Å²) in [4.78, 5) is 23.1. The normalized spacial score (nSPS) is 12.0. The molecule has 0 unspecified atom stereocenters. The second-order valence-corrected chi connectivity index (χ2v) is 5.25. The van der Waals surface area contributed by atoms with Gasteiger partial charge in [-0.25, -0.2) is 4.79 Å². The molecule has 1 aromatic carbocycles. The van der Waals surface area contributed by atoms with Crippen LogP contribution in [0.4, 0.5) is 0 Å². The van der Waals surface area contributed by atoms with Crippen LogP contribution in [0, 0.1) is 5.92 Å². The highest BCUT2D eigenvalue weighted by Gasteiger charge is 2.23. The van der Waals surface area contributed by atoms with E-state index in [2.05, 4.69) is 5.32 Å². The summed E-state index contributed by atoms with van der Waals surface area (Å²) in [6, 6.07) is 5.69. The van der Waals surface area contributed by atoms with Crippen LogP contribution in [0.2, 0.25) is 0 Å². The second-order valence-electron chi connectivity index (χ2n) is 5.25. The zero-order chi connectivity index (χ0) is 16.5. The van der Waals surface area contributed by atoms with E-state index >= 15 is 0 Å². The van der Waals surface area contributed by atoms with Gasteiger partial charge in [0.15, 0.2) is 0 Å². The Hall–Kier alpha value is -2.08. The quantitative estimate of drug-likeness (QED) is 0.681. The molecule has 122 valence electrons. The van der Waals surface area contributed by atoms with Crippen molar-refractivity contribution in [2.24, 2.45) is 5.92 Å². The highest BCUT2D eigenvalue weighted by atomic mass is 16.5. The fraction of sp³-hybridized carbons (Fsp3) is 0.500. The second kappa shape index (κ2) is 9.04. The number of hydrogen-bond acceptors (Lipinski definition) is 4. The molecule has 1 rings (SSSR count). The van der Waals surface area contributed by atoms with Crippen molar-refractivity contribution < 1.29 is 24.2 Å². The number of methoxy groups -OCH3 is 1. The summed E-state index contributed by atoms with van der Waals surface area (Å²) in [5.41, 5.74) is 0.399. The van der Waals surface area contributed by atoms with Crippen molar-refractivity contribution in [1.82, 2.24) is 5.32 Å². The van der Waals surface area contributed by atoms with Crippen molar-refractivity contribution in [1.29, 1.82) is 0 Å². The van der Waals surface area contributed by atoms with E-state index in [9.17, 15) is 9.59 Å². The van der Waals surface area contributed by atoms with Crippen LogP contribution in [0.25, 0.3) is 0 Å². The average Bonchev–Trinajstić information content (AvgIpc) is 2.49. The third-order valence-electron chi connectivity index (χ3n) is 3.10. The van der Waals surface area contributed by atoms with Crippen molar-refractivity contribution in [2.75, 3.05) is 20.3 Å². The van der Waals surface area contributed by atoms with Crippen LogP contribution < -0.4 is 10.1 Å². The number of amides is 1. The standard InChI is InChI=1S/C16H23NO5/c1-11(2)14(16(19)20)17-15(18)12-5-7-13(8-6-12)22-10-4-9-21-3/h5-8,11,14H,4,9-10H2,1-3H3,(H,17,18)(H,19,20)/t14-/m0/s1. The highest BCUT2D eigenvalue weighted by Crippen LogP contribution is 2.13. The Bertz CT molecular complexity index is 484. The molecule has 1 atom stereocenters. The number of hydrogen-bond donors (Lipinski definition) is 2. The minimum absolute atomic E-state index is 0.190. The van der Waals surface area contributed by atoms with E-state index in [1.165, 1.54) is 0 Å². The molecule has 0 heterocycles. The van der Waals surface area contributed by atoms with Crippen LogP contribution in [-0.4, -0.2) is 43.3 Å². The molecule has 0 fully saturated rings. The van der Waals surface area contributed by atoms with Crippen LogP contribution in [0.1, 0.15) is 30.6 Å². The molecular weight excluding hydrogens is 286 g/mol. The number of carbonyl (C=O) groups is 2. The molecule has 0 saturated carbocycles. The minimum Gasteiger partial charge on any atom is -0.494 e. The smallest absolute Gasteiger partial charge is 0.326 e. The van der Waals surface area contributed by atoms with Gasteiger partial charge in [0.1, 0.15) is 11.8 Å². The molecule has 6 nitrogen and oxygen atoms in total. The van der Waals surface area contributed by atoms with Crippen LogP contribution in [-0.2, 0) is 9.53 Å². The van der Waals surface area contributed by atoms with Gasteiger partial charge < -0.3 is 19.9 Å². The van der Waals surface area contributed by atoms with Crippen LogP contribution in [0.15, 0.2) is 24.3 Å². The molecule has 0 bridgehead atoms. The summed E-state index contributed by atoms with van der Waals surface area (Å²) in [6.45, 7) is 4.66. The number of benzene rings is 1. The van der Waals surface area contributed by atoms with Gasteiger partial charge in [0.25, 0.3) is 5.91 Å². The first-order valence-electron chi connectivity index (χ1n) is 7.21. The first-order valence-corrected chi connectivity index (χ1v) is 7.21. The largest absolute Gasteiger partial charge is 0.494 e. The van der Waals surface area contributed by atoms with E-state index < -0.39 is 17.9 Å². The predicted octanol–water partition coefficient (Wildman–Crippen LogP) is 1.94. The average molecular weight is 309 g/mol. The lowest BCUT2D eigenvalue weighted by Crippen LogP contribution is -2.44. The SMILES string of the molecule is COCCCOc1ccc(C(=O)N[C@H](C(=O)O)C(C)C)cc1. The zero-order valence-electron chi connectivity index (χ0n) is 13.2. The van der Waals surface area contributed by atoms with Gasteiger partial charge in [0.05, 0.1) is 6.61 Å². The Morgan fingerprint density at radius 3 is 2.32 bits per heavy atom. The lowest BCUT2D eigenvalue weighted by Gasteiger charge is -2.18. The van der Waals surface area contributed by atoms with E-state index in [-0.39, 0.29) is 5.92 Å². The third-order valence-corrected chi connectivity index (χ3v) is 3.10. The predicted molar refractivity (Wildman–Crippen MR) is 82.2 cm³/mol. The third kappa shape index (κ3) is 5.73. The van der Waals surface area contributed by atoms with Gasteiger partial charge in [-0.3, -0.25) is 4.79 Å². The van der Waals surface area contributed by atoms with Crippen molar-refractivity contribution >= 4 is 11.9 Å². The number of carbonyl (C=O) groups excluding carboxylic acids is 1. The van der Waals surface area contributed by atoms with Gasteiger partial charge in [0.2, 0.25) is 0 Å². The fourth-order valence-electron chi connectivity index (χ4n) is 1.83. The number of rotatable bonds is 9. The number of ether oxygens (including phenoxy) is 2. The summed E-state index contributed by atoms with van der Waals surface area (Å²) in [5.74, 6) is -0.982. The Balaban J connectivity index is 2.58. The Morgan fingerprint density at radius 1 is 1.18 bits per heavy atom. The summed E-state index contributed by atoms with van der Waals surface area (Å²) >= 11 is 0. The van der Waals surface area contributed by atoms with Gasteiger partial charge in [-0.15, -0.1) is 0 Å². The molecule has 1 amide bonds. The summed E-state index contributed by atoms with van der Waals surface area (Å²) in [6.07, 6.45) is 0.785. The van der Waals surface area contributed by atoms with Crippen molar-refractivity contribution in [2.45, 2.75) is 26.3 Å². The molecule has 6 heteroatoms. The first-order chi connectivity index (χ1) is 10.5. The van der Waals surface area contributed by atoms with E-state index in [4.69, 9.17) is 14.6 Å². The summed E-state index contributed by atoms with van der Waals surface area (Å²) in [7, 11) is 1.63. The first kappa shape index (κ1) is 18.0. The van der Waals surface area contributed by atoms with Gasteiger partial charge in [0, 0.05) is 25.7 Å². The van der Waals surface area contributed by atoms with Crippen LogP contribution in [0.3, 0.4) is 0 Å². The topological polar surface area (TPSA) is 84.9 Å². The number of carboxylic acids is 1. The van der Waals surface area contributed by atoms with Gasteiger partial charge in [-0.2, -0.15) is 0 Å². The Morgan fingerprint density at radius 2 is 1.82 bits per heavy atom. The maximum atomic E-state index is 12.0. The van der Waals surface area contributed by atoms with Gasteiger partial charge in [-0.1, -0.05) is 13.8 Å². The van der Waals surface area contributed by atoms with Gasteiger partial charge >= 0.3 is 5.97 Å². The number of aliphatic carboxylic acids is 1. The monoisotopic (exact) mass is 309 g/mol. The zero-order valence-corrected chi connectivity index (χ0v) is 13.2. The molecular formula is C16H23NO5. The Labute approximate surface area is 130 Å². The Kier molecular flexibility index (Phi) is 7.39. The number of nitrogens with one attached hydrogen (secondary N) is 1. The molecule has 0 aliphatic heterocycles. The minimum atomic E-state index is -1.04. The molecule has 22 heavy (non-hydrogen) atoms. The van der Waals surface area contributed by atoms with Crippen molar-refractivity contribution in [3.63, 3.8) is 0 Å². The molecule has 2 N–H and O–H groups in total. The van der Waals surface area contributed by atoms with Crippen molar-refractivity contribution in [3.05, 3.63) is 29.8 Å². The fourth-order valence-corrected chi connectivity index (χ4v) is 1.83. The van der Waals surface area contributed by atoms with E-state index in [0.29, 0.717) is 24.5 Å².